The Morgan fingerprint density at radius 3 is 2.72 bits per heavy atom. The first kappa shape index (κ1) is 11.0. The molecule has 18 heavy (non-hydrogen) atoms. The fraction of sp³-hybridized carbons (Fsp3) is 0.308. The maximum atomic E-state index is 11.8. The van der Waals surface area contributed by atoms with E-state index in [0.29, 0.717) is 18.2 Å². The van der Waals surface area contributed by atoms with Gasteiger partial charge in [-0.05, 0) is 30.5 Å². The van der Waals surface area contributed by atoms with Crippen LogP contribution in [0.25, 0.3) is 0 Å². The number of carbonyl (C=O) groups is 1. The quantitative estimate of drug-likeness (QED) is 0.877. The van der Waals surface area contributed by atoms with E-state index in [1.165, 1.54) is 6.33 Å². The number of benzene rings is 1. The first-order chi connectivity index (χ1) is 8.81. The van der Waals surface area contributed by atoms with Gasteiger partial charge in [0.25, 0.3) is 5.91 Å². The summed E-state index contributed by atoms with van der Waals surface area (Å²) in [6, 6.07) is 7.99. The van der Waals surface area contributed by atoms with E-state index in [9.17, 15) is 4.79 Å². The summed E-state index contributed by atoms with van der Waals surface area (Å²) >= 11 is 0. The van der Waals surface area contributed by atoms with Crippen LogP contribution in [0.4, 0.5) is 0 Å². The predicted molar refractivity (Wildman–Crippen MR) is 66.1 cm³/mol. The molecule has 1 aliphatic carbocycles. The predicted octanol–water partition coefficient (Wildman–Crippen LogP) is 1.22. The highest BCUT2D eigenvalue weighted by Crippen LogP contribution is 2.19. The Bertz CT molecular complexity index is 529. The van der Waals surface area contributed by atoms with Gasteiger partial charge in [0.05, 0.1) is 6.54 Å². The normalized spacial score (nSPS) is 14.4. The van der Waals surface area contributed by atoms with Gasteiger partial charge in [-0.3, -0.25) is 4.79 Å². The molecule has 0 aliphatic heterocycles. The summed E-state index contributed by atoms with van der Waals surface area (Å²) in [5.41, 5.74) is 1.81. The molecule has 1 aromatic heterocycles. The molecule has 1 aliphatic rings. The van der Waals surface area contributed by atoms with E-state index in [1.807, 2.05) is 24.3 Å². The number of aromatic nitrogens is 3. The molecule has 0 unspecified atom stereocenters. The summed E-state index contributed by atoms with van der Waals surface area (Å²) in [6.45, 7) is 0.671. The molecule has 1 amide bonds. The second kappa shape index (κ2) is 4.60. The highest BCUT2D eigenvalue weighted by atomic mass is 16.1. The molecular weight excluding hydrogens is 228 g/mol. The average molecular weight is 242 g/mol. The Morgan fingerprint density at radius 2 is 2.11 bits per heavy atom. The summed E-state index contributed by atoms with van der Waals surface area (Å²) in [5.74, 6) is 0.0183. The van der Waals surface area contributed by atoms with Gasteiger partial charge in [-0.2, -0.15) is 5.10 Å². The van der Waals surface area contributed by atoms with Crippen LogP contribution >= 0.6 is 0 Å². The van der Waals surface area contributed by atoms with Crippen LogP contribution in [0.3, 0.4) is 0 Å². The van der Waals surface area contributed by atoms with Crippen LogP contribution in [0, 0.1) is 0 Å². The van der Waals surface area contributed by atoms with Crippen LogP contribution in [-0.4, -0.2) is 26.7 Å². The summed E-state index contributed by atoms with van der Waals surface area (Å²) in [4.78, 5) is 15.7. The minimum absolute atomic E-state index is 0.0183. The minimum Gasteiger partial charge on any atom is -0.349 e. The van der Waals surface area contributed by atoms with Crippen molar-refractivity contribution in [2.45, 2.75) is 25.4 Å². The van der Waals surface area contributed by atoms with Gasteiger partial charge in [0.1, 0.15) is 12.7 Å². The first-order valence-corrected chi connectivity index (χ1v) is 6.03. The zero-order valence-electron chi connectivity index (χ0n) is 9.91. The van der Waals surface area contributed by atoms with Crippen molar-refractivity contribution in [3.8, 4) is 0 Å². The van der Waals surface area contributed by atoms with E-state index < -0.39 is 0 Å². The van der Waals surface area contributed by atoms with Crippen LogP contribution in [0.2, 0.25) is 0 Å². The molecule has 0 spiro atoms. The van der Waals surface area contributed by atoms with Gasteiger partial charge in [0, 0.05) is 11.6 Å². The maximum absolute atomic E-state index is 11.8. The van der Waals surface area contributed by atoms with E-state index in [-0.39, 0.29) is 5.91 Å². The van der Waals surface area contributed by atoms with Crippen molar-refractivity contribution in [2.24, 2.45) is 0 Å². The molecule has 5 heteroatoms. The number of nitrogens with zero attached hydrogens (tertiary/aromatic N) is 3. The molecular formula is C13H14N4O. The highest BCUT2D eigenvalue weighted by molar-refractivity contribution is 5.94. The Balaban J connectivity index is 1.66. The number of rotatable bonds is 4. The molecule has 1 heterocycles. The summed E-state index contributed by atoms with van der Waals surface area (Å²) < 4.78 is 1.75. The standard InChI is InChI=1S/C13H14N4O/c18-13(16-12-5-6-12)11-3-1-10(2-4-11)7-17-9-14-8-15-17/h1-4,8-9,12H,5-7H2,(H,16,18). The van der Waals surface area contributed by atoms with Crippen molar-refractivity contribution in [3.63, 3.8) is 0 Å². The molecule has 0 radical (unpaired) electrons. The maximum Gasteiger partial charge on any atom is 0.251 e. The molecule has 92 valence electrons. The molecule has 1 aromatic carbocycles. The smallest absolute Gasteiger partial charge is 0.251 e. The van der Waals surface area contributed by atoms with Crippen molar-refractivity contribution in [2.75, 3.05) is 0 Å². The van der Waals surface area contributed by atoms with Crippen molar-refractivity contribution in [1.82, 2.24) is 20.1 Å². The largest absolute Gasteiger partial charge is 0.349 e. The number of nitrogens with one attached hydrogen (secondary N) is 1. The summed E-state index contributed by atoms with van der Waals surface area (Å²) in [6.07, 6.45) is 5.40. The monoisotopic (exact) mass is 242 g/mol. The molecule has 5 nitrogen and oxygen atoms in total. The summed E-state index contributed by atoms with van der Waals surface area (Å²) in [7, 11) is 0. The lowest BCUT2D eigenvalue weighted by Crippen LogP contribution is -2.25. The third-order valence-corrected chi connectivity index (χ3v) is 2.94. The van der Waals surface area contributed by atoms with Crippen LogP contribution in [0.15, 0.2) is 36.9 Å². The van der Waals surface area contributed by atoms with Crippen LogP contribution in [0.1, 0.15) is 28.8 Å². The van der Waals surface area contributed by atoms with E-state index in [4.69, 9.17) is 0 Å². The Kier molecular flexibility index (Phi) is 2.80. The number of hydrogen-bond acceptors (Lipinski definition) is 3. The van der Waals surface area contributed by atoms with Gasteiger partial charge in [-0.1, -0.05) is 12.1 Å². The first-order valence-electron chi connectivity index (χ1n) is 6.03. The molecule has 1 fully saturated rings. The van der Waals surface area contributed by atoms with E-state index >= 15 is 0 Å². The molecule has 1 N–H and O–H groups in total. The highest BCUT2D eigenvalue weighted by Gasteiger charge is 2.23. The van der Waals surface area contributed by atoms with E-state index in [2.05, 4.69) is 15.4 Å². The Labute approximate surface area is 105 Å². The van der Waals surface area contributed by atoms with Gasteiger partial charge >= 0.3 is 0 Å². The van der Waals surface area contributed by atoms with E-state index in [1.54, 1.807) is 11.0 Å². The third-order valence-electron chi connectivity index (χ3n) is 2.94. The lowest BCUT2D eigenvalue weighted by molar-refractivity contribution is 0.0951. The molecule has 0 atom stereocenters. The molecule has 3 rings (SSSR count). The second-order valence-corrected chi connectivity index (χ2v) is 4.54. The van der Waals surface area contributed by atoms with Crippen molar-refractivity contribution < 1.29 is 4.79 Å². The zero-order valence-corrected chi connectivity index (χ0v) is 9.91. The van der Waals surface area contributed by atoms with Gasteiger partial charge in [0.15, 0.2) is 0 Å². The van der Waals surface area contributed by atoms with Gasteiger partial charge in [-0.15, -0.1) is 0 Å². The van der Waals surface area contributed by atoms with Gasteiger partial charge in [-0.25, -0.2) is 9.67 Å². The number of amides is 1. The molecule has 0 bridgehead atoms. The lowest BCUT2D eigenvalue weighted by Gasteiger charge is -2.05. The molecule has 2 aromatic rings. The van der Waals surface area contributed by atoms with Crippen molar-refractivity contribution in [1.29, 1.82) is 0 Å². The topological polar surface area (TPSA) is 59.8 Å². The lowest BCUT2D eigenvalue weighted by atomic mass is 10.1. The second-order valence-electron chi connectivity index (χ2n) is 4.54. The molecule has 0 saturated heterocycles. The van der Waals surface area contributed by atoms with Crippen LogP contribution in [0.5, 0.6) is 0 Å². The Hall–Kier alpha value is -2.17. The number of carbonyl (C=O) groups excluding carboxylic acids is 1. The van der Waals surface area contributed by atoms with Crippen molar-refractivity contribution in [3.05, 3.63) is 48.0 Å². The van der Waals surface area contributed by atoms with Gasteiger partial charge < -0.3 is 5.32 Å². The van der Waals surface area contributed by atoms with Crippen molar-refractivity contribution >= 4 is 5.91 Å². The third kappa shape index (κ3) is 2.56. The van der Waals surface area contributed by atoms with Gasteiger partial charge in [0.2, 0.25) is 0 Å². The number of hydrogen-bond donors (Lipinski definition) is 1. The van der Waals surface area contributed by atoms with E-state index in [0.717, 1.165) is 18.4 Å². The Morgan fingerprint density at radius 1 is 1.33 bits per heavy atom. The molecule has 1 saturated carbocycles. The SMILES string of the molecule is O=C(NC1CC1)c1ccc(Cn2cncn2)cc1. The summed E-state index contributed by atoms with van der Waals surface area (Å²) in [5, 5.41) is 7.01. The zero-order chi connectivity index (χ0) is 12.4. The van der Waals surface area contributed by atoms with Crippen LogP contribution < -0.4 is 5.32 Å². The fourth-order valence-electron chi connectivity index (χ4n) is 1.76. The fourth-order valence-corrected chi connectivity index (χ4v) is 1.76. The average Bonchev–Trinajstić information content (AvgIpc) is 3.04. The van der Waals surface area contributed by atoms with Crippen LogP contribution in [-0.2, 0) is 6.54 Å². The minimum atomic E-state index is 0.0183.